The Bertz CT molecular complexity index is 1010. The van der Waals surface area contributed by atoms with Gasteiger partial charge in [-0.05, 0) is 36.6 Å². The first kappa shape index (κ1) is 17.5. The first-order chi connectivity index (χ1) is 14.3. The maximum Gasteiger partial charge on any atom is 0.318 e. The van der Waals surface area contributed by atoms with Crippen LogP contribution in [0.15, 0.2) is 52.9 Å². The molecule has 2 aromatic carbocycles. The van der Waals surface area contributed by atoms with Gasteiger partial charge in [-0.2, -0.15) is 0 Å². The summed E-state index contributed by atoms with van der Waals surface area (Å²) in [5.74, 6) is 1.28. The smallest absolute Gasteiger partial charge is 0.318 e. The summed E-state index contributed by atoms with van der Waals surface area (Å²) in [6.45, 7) is 1.97. The van der Waals surface area contributed by atoms with E-state index in [-0.39, 0.29) is 12.7 Å². The Labute approximate surface area is 167 Å². The van der Waals surface area contributed by atoms with Crippen molar-refractivity contribution in [3.63, 3.8) is 0 Å². The highest BCUT2D eigenvalue weighted by atomic mass is 16.7. The van der Waals surface area contributed by atoms with E-state index in [0.29, 0.717) is 29.0 Å². The first-order valence-corrected chi connectivity index (χ1v) is 9.62. The highest BCUT2D eigenvalue weighted by Crippen LogP contribution is 2.33. The van der Waals surface area contributed by atoms with Crippen LogP contribution in [0.3, 0.4) is 0 Å². The largest absolute Gasteiger partial charge is 0.454 e. The van der Waals surface area contributed by atoms with Crippen molar-refractivity contribution >= 4 is 11.9 Å². The normalized spacial score (nSPS) is 16.1. The molecular formula is C21H20N4O4. The number of carbonyl (C=O) groups excluding carboxylic acids is 1. The van der Waals surface area contributed by atoms with Gasteiger partial charge in [0.05, 0.1) is 0 Å². The monoisotopic (exact) mass is 392 g/mol. The van der Waals surface area contributed by atoms with Gasteiger partial charge in [0.25, 0.3) is 5.91 Å². The Balaban J connectivity index is 1.43. The molecule has 1 amide bonds. The van der Waals surface area contributed by atoms with Gasteiger partial charge in [-0.3, -0.25) is 4.79 Å². The van der Waals surface area contributed by atoms with Crippen LogP contribution in [-0.4, -0.2) is 36.0 Å². The molecule has 5 rings (SSSR count). The Morgan fingerprint density at radius 3 is 2.62 bits per heavy atom. The third kappa shape index (κ3) is 3.49. The SMILES string of the molecule is O=C(N[C@@H](c1ccccc1)c1nnc(N2CCCC2)o1)c1ccc2c(c1)OCO2. The summed E-state index contributed by atoms with van der Waals surface area (Å²) < 4.78 is 16.6. The zero-order chi connectivity index (χ0) is 19.6. The van der Waals surface area contributed by atoms with E-state index in [9.17, 15) is 4.79 Å². The fourth-order valence-corrected chi connectivity index (χ4v) is 3.56. The highest BCUT2D eigenvalue weighted by Gasteiger charge is 2.26. The minimum Gasteiger partial charge on any atom is -0.454 e. The molecule has 0 saturated carbocycles. The van der Waals surface area contributed by atoms with Crippen LogP contribution in [0.1, 0.15) is 40.7 Å². The van der Waals surface area contributed by atoms with Gasteiger partial charge in [-0.25, -0.2) is 0 Å². The van der Waals surface area contributed by atoms with E-state index in [1.54, 1.807) is 18.2 Å². The lowest BCUT2D eigenvalue weighted by Gasteiger charge is -2.16. The summed E-state index contributed by atoms with van der Waals surface area (Å²) in [5.41, 5.74) is 1.33. The van der Waals surface area contributed by atoms with Crippen molar-refractivity contribution in [2.45, 2.75) is 18.9 Å². The topological polar surface area (TPSA) is 89.7 Å². The Morgan fingerprint density at radius 1 is 1.00 bits per heavy atom. The summed E-state index contributed by atoms with van der Waals surface area (Å²) in [6.07, 6.45) is 2.22. The van der Waals surface area contributed by atoms with E-state index in [4.69, 9.17) is 13.9 Å². The maximum absolute atomic E-state index is 13.0. The van der Waals surface area contributed by atoms with Crippen LogP contribution in [-0.2, 0) is 0 Å². The molecule has 3 aromatic rings. The predicted molar refractivity (Wildman–Crippen MR) is 104 cm³/mol. The molecule has 2 aliphatic rings. The molecule has 8 heteroatoms. The van der Waals surface area contributed by atoms with Gasteiger partial charge in [0.15, 0.2) is 11.5 Å². The summed E-state index contributed by atoms with van der Waals surface area (Å²) in [6, 6.07) is 14.6. The maximum atomic E-state index is 13.0. The van der Waals surface area contributed by atoms with E-state index in [0.717, 1.165) is 31.5 Å². The number of anilines is 1. The number of nitrogens with one attached hydrogen (secondary N) is 1. The fraction of sp³-hybridized carbons (Fsp3) is 0.286. The molecule has 0 radical (unpaired) electrons. The van der Waals surface area contributed by atoms with E-state index >= 15 is 0 Å². The minimum atomic E-state index is -0.557. The summed E-state index contributed by atoms with van der Waals surface area (Å²) in [4.78, 5) is 15.0. The third-order valence-electron chi connectivity index (χ3n) is 5.10. The number of aromatic nitrogens is 2. The van der Waals surface area contributed by atoms with Crippen molar-refractivity contribution in [3.8, 4) is 11.5 Å². The Hall–Kier alpha value is -3.55. The van der Waals surface area contributed by atoms with Crippen molar-refractivity contribution in [3.05, 3.63) is 65.5 Å². The molecule has 148 valence electrons. The molecule has 1 fully saturated rings. The molecule has 3 heterocycles. The number of benzene rings is 2. The van der Waals surface area contributed by atoms with Crippen LogP contribution in [0.4, 0.5) is 6.01 Å². The Kier molecular flexibility index (Phi) is 4.51. The summed E-state index contributed by atoms with van der Waals surface area (Å²) in [7, 11) is 0. The molecule has 0 aliphatic carbocycles. The number of hydrogen-bond acceptors (Lipinski definition) is 7. The summed E-state index contributed by atoms with van der Waals surface area (Å²) in [5, 5.41) is 11.4. The predicted octanol–water partition coefficient (Wildman–Crippen LogP) is 2.92. The van der Waals surface area contributed by atoms with Crippen LogP contribution in [0.25, 0.3) is 0 Å². The molecule has 0 unspecified atom stereocenters. The second kappa shape index (κ2) is 7.46. The van der Waals surface area contributed by atoms with Crippen molar-refractivity contribution in [1.82, 2.24) is 15.5 Å². The number of rotatable bonds is 5. The van der Waals surface area contributed by atoms with E-state index in [2.05, 4.69) is 20.4 Å². The lowest BCUT2D eigenvalue weighted by Crippen LogP contribution is -2.29. The molecule has 1 N–H and O–H groups in total. The summed E-state index contributed by atoms with van der Waals surface area (Å²) >= 11 is 0. The molecular weight excluding hydrogens is 372 g/mol. The van der Waals surface area contributed by atoms with Crippen LogP contribution >= 0.6 is 0 Å². The van der Waals surface area contributed by atoms with Crippen molar-refractivity contribution in [2.75, 3.05) is 24.8 Å². The lowest BCUT2D eigenvalue weighted by atomic mass is 10.1. The van der Waals surface area contributed by atoms with Crippen LogP contribution < -0.4 is 19.7 Å². The van der Waals surface area contributed by atoms with Crippen molar-refractivity contribution in [2.24, 2.45) is 0 Å². The number of carbonyl (C=O) groups is 1. The number of amides is 1. The number of hydrogen-bond donors (Lipinski definition) is 1. The molecule has 0 spiro atoms. The average Bonchev–Trinajstić information content (AvgIpc) is 3.53. The van der Waals surface area contributed by atoms with Crippen molar-refractivity contribution < 1.29 is 18.7 Å². The molecule has 1 aromatic heterocycles. The second-order valence-corrected chi connectivity index (χ2v) is 7.00. The van der Waals surface area contributed by atoms with Gasteiger partial charge in [-0.15, -0.1) is 5.10 Å². The number of ether oxygens (including phenoxy) is 2. The molecule has 8 nitrogen and oxygen atoms in total. The van der Waals surface area contributed by atoms with Crippen LogP contribution in [0, 0.1) is 0 Å². The molecule has 1 saturated heterocycles. The van der Waals surface area contributed by atoms with Gasteiger partial charge >= 0.3 is 6.01 Å². The number of nitrogens with zero attached hydrogens (tertiary/aromatic N) is 3. The quantitative estimate of drug-likeness (QED) is 0.714. The lowest BCUT2D eigenvalue weighted by molar-refractivity contribution is 0.0937. The standard InChI is InChI=1S/C21H20N4O4/c26-19(15-8-9-16-17(12-15)28-13-27-16)22-18(14-6-2-1-3-7-14)20-23-24-21(29-20)25-10-4-5-11-25/h1-3,6-9,12,18H,4-5,10-11,13H2,(H,22,26)/t18-/m0/s1. The van der Waals surface area contributed by atoms with Crippen molar-refractivity contribution in [1.29, 1.82) is 0 Å². The number of fused-ring (bicyclic) bond motifs is 1. The molecule has 0 bridgehead atoms. The van der Waals surface area contributed by atoms with E-state index in [1.807, 2.05) is 30.3 Å². The van der Waals surface area contributed by atoms with Gasteiger partial charge in [0.2, 0.25) is 12.7 Å². The zero-order valence-corrected chi connectivity index (χ0v) is 15.7. The van der Waals surface area contributed by atoms with E-state index < -0.39 is 6.04 Å². The Morgan fingerprint density at radius 2 is 1.79 bits per heavy atom. The third-order valence-corrected chi connectivity index (χ3v) is 5.10. The van der Waals surface area contributed by atoms with Crippen LogP contribution in [0.2, 0.25) is 0 Å². The molecule has 29 heavy (non-hydrogen) atoms. The van der Waals surface area contributed by atoms with Gasteiger partial charge < -0.3 is 24.1 Å². The minimum absolute atomic E-state index is 0.161. The average molecular weight is 392 g/mol. The molecule has 2 aliphatic heterocycles. The zero-order valence-electron chi connectivity index (χ0n) is 15.7. The van der Waals surface area contributed by atoms with Gasteiger partial charge in [0.1, 0.15) is 6.04 Å². The fourth-order valence-electron chi connectivity index (χ4n) is 3.56. The highest BCUT2D eigenvalue weighted by molar-refractivity contribution is 5.95. The van der Waals surface area contributed by atoms with Crippen LogP contribution in [0.5, 0.6) is 11.5 Å². The molecule has 1 atom stereocenters. The van der Waals surface area contributed by atoms with Gasteiger partial charge in [0, 0.05) is 18.7 Å². The van der Waals surface area contributed by atoms with E-state index in [1.165, 1.54) is 0 Å². The van der Waals surface area contributed by atoms with Gasteiger partial charge in [-0.1, -0.05) is 35.4 Å². The first-order valence-electron chi connectivity index (χ1n) is 9.62. The second-order valence-electron chi connectivity index (χ2n) is 7.00.